The monoisotopic (exact) mass is 362 g/mol. The summed E-state index contributed by atoms with van der Waals surface area (Å²) in [4.78, 5) is 11.9. The Balaban J connectivity index is 1.86. The van der Waals surface area contributed by atoms with Gasteiger partial charge in [-0.1, -0.05) is 23.7 Å². The molecule has 6 heteroatoms. The second-order valence-corrected chi connectivity index (χ2v) is 6.26. The Morgan fingerprint density at radius 1 is 1.17 bits per heavy atom. The van der Waals surface area contributed by atoms with Gasteiger partial charge in [-0.05, 0) is 73.9 Å². The molecule has 0 atom stereocenters. The van der Waals surface area contributed by atoms with Crippen LogP contribution in [0.3, 0.4) is 0 Å². The number of carbonyl (C=O) groups is 1. The molecule has 0 aromatic heterocycles. The van der Waals surface area contributed by atoms with Crippen molar-refractivity contribution in [3.63, 3.8) is 0 Å². The molecular formula is C18H19ClN2O2S. The first-order chi connectivity index (χ1) is 11.4. The van der Waals surface area contributed by atoms with E-state index in [1.54, 1.807) is 6.07 Å². The van der Waals surface area contributed by atoms with E-state index < -0.39 is 0 Å². The molecule has 0 heterocycles. The highest BCUT2D eigenvalue weighted by Gasteiger charge is 2.08. The maximum atomic E-state index is 11.9. The van der Waals surface area contributed by atoms with Crippen molar-refractivity contribution in [2.75, 3.05) is 11.9 Å². The number of amides is 1. The lowest BCUT2D eigenvalue weighted by molar-refractivity contribution is -0.121. The van der Waals surface area contributed by atoms with Crippen LogP contribution < -0.4 is 15.4 Å². The number of benzene rings is 2. The summed E-state index contributed by atoms with van der Waals surface area (Å²) in [5, 5.41) is 6.38. The van der Waals surface area contributed by atoms with Gasteiger partial charge in [-0.25, -0.2) is 0 Å². The molecule has 0 aliphatic heterocycles. The van der Waals surface area contributed by atoms with Crippen LogP contribution in [0.15, 0.2) is 36.4 Å². The molecule has 0 fully saturated rings. The zero-order chi connectivity index (χ0) is 17.7. The summed E-state index contributed by atoms with van der Waals surface area (Å²) >= 11 is 11.2. The molecule has 0 aliphatic carbocycles. The summed E-state index contributed by atoms with van der Waals surface area (Å²) in [5.74, 6) is 0.322. The van der Waals surface area contributed by atoms with Gasteiger partial charge in [0.15, 0.2) is 11.7 Å². The third-order valence-electron chi connectivity index (χ3n) is 3.62. The highest BCUT2D eigenvalue weighted by atomic mass is 35.5. The van der Waals surface area contributed by atoms with Gasteiger partial charge >= 0.3 is 0 Å². The summed E-state index contributed by atoms with van der Waals surface area (Å²) in [7, 11) is 0. The molecule has 2 rings (SSSR count). The maximum absolute atomic E-state index is 11.9. The minimum Gasteiger partial charge on any atom is -0.484 e. The van der Waals surface area contributed by atoms with Crippen LogP contribution in [0.25, 0.3) is 0 Å². The van der Waals surface area contributed by atoms with E-state index in [4.69, 9.17) is 28.6 Å². The number of carbonyl (C=O) groups excluding carboxylic acids is 1. The summed E-state index contributed by atoms with van der Waals surface area (Å²) in [6.45, 7) is 5.78. The molecule has 0 aliphatic rings. The molecule has 126 valence electrons. The zero-order valence-corrected chi connectivity index (χ0v) is 15.3. The number of anilines is 1. The average Bonchev–Trinajstić information content (AvgIpc) is 2.53. The minimum atomic E-state index is -0.328. The molecule has 0 saturated heterocycles. The van der Waals surface area contributed by atoms with Gasteiger partial charge in [-0.3, -0.25) is 10.1 Å². The van der Waals surface area contributed by atoms with Crippen LogP contribution in [0.4, 0.5) is 5.69 Å². The fourth-order valence-electron chi connectivity index (χ4n) is 2.01. The summed E-state index contributed by atoms with van der Waals surface area (Å²) in [6.07, 6.45) is 0. The van der Waals surface area contributed by atoms with Crippen LogP contribution in [0.1, 0.15) is 16.7 Å². The Morgan fingerprint density at radius 2 is 1.92 bits per heavy atom. The van der Waals surface area contributed by atoms with E-state index >= 15 is 0 Å². The third kappa shape index (κ3) is 4.94. The number of ether oxygens (including phenoxy) is 1. The van der Waals surface area contributed by atoms with Crippen molar-refractivity contribution < 1.29 is 9.53 Å². The molecule has 0 unspecified atom stereocenters. The molecule has 2 N–H and O–H groups in total. The summed E-state index contributed by atoms with van der Waals surface area (Å²) in [5.41, 5.74) is 3.90. The van der Waals surface area contributed by atoms with E-state index in [1.165, 1.54) is 5.56 Å². The van der Waals surface area contributed by atoms with Crippen LogP contribution >= 0.6 is 23.8 Å². The lowest BCUT2D eigenvalue weighted by Gasteiger charge is -2.13. The van der Waals surface area contributed by atoms with Crippen molar-refractivity contribution in [1.29, 1.82) is 0 Å². The number of hydrogen-bond donors (Lipinski definition) is 2. The quantitative estimate of drug-likeness (QED) is 0.802. The number of rotatable bonds is 4. The normalized spacial score (nSPS) is 10.2. The zero-order valence-electron chi connectivity index (χ0n) is 13.8. The predicted molar refractivity (Wildman–Crippen MR) is 102 cm³/mol. The van der Waals surface area contributed by atoms with E-state index in [1.807, 2.05) is 51.1 Å². The fourth-order valence-corrected chi connectivity index (χ4v) is 2.41. The molecule has 2 aromatic carbocycles. The Labute approximate surface area is 152 Å². The van der Waals surface area contributed by atoms with E-state index in [9.17, 15) is 4.79 Å². The maximum Gasteiger partial charge on any atom is 0.264 e. The van der Waals surface area contributed by atoms with Gasteiger partial charge in [0.25, 0.3) is 5.91 Å². The van der Waals surface area contributed by atoms with Crippen LogP contribution in [-0.4, -0.2) is 17.6 Å². The van der Waals surface area contributed by atoms with E-state index in [-0.39, 0.29) is 17.6 Å². The van der Waals surface area contributed by atoms with E-state index in [0.29, 0.717) is 10.8 Å². The first kappa shape index (κ1) is 18.2. The van der Waals surface area contributed by atoms with E-state index in [2.05, 4.69) is 10.6 Å². The Hall–Kier alpha value is -2.11. The predicted octanol–water partition coefficient (Wildman–Crippen LogP) is 4.16. The van der Waals surface area contributed by atoms with Gasteiger partial charge in [-0.2, -0.15) is 0 Å². The second kappa shape index (κ2) is 8.13. The van der Waals surface area contributed by atoms with Crippen LogP contribution in [-0.2, 0) is 4.79 Å². The molecule has 2 aromatic rings. The Bertz CT molecular complexity index is 778. The third-order valence-corrected chi connectivity index (χ3v) is 4.23. The largest absolute Gasteiger partial charge is 0.484 e. The molecule has 0 saturated carbocycles. The van der Waals surface area contributed by atoms with Crippen molar-refractivity contribution in [2.24, 2.45) is 0 Å². The molecule has 0 radical (unpaired) electrons. The Kier molecular flexibility index (Phi) is 6.17. The summed E-state index contributed by atoms with van der Waals surface area (Å²) < 4.78 is 5.48. The summed E-state index contributed by atoms with van der Waals surface area (Å²) in [6, 6.07) is 11.1. The smallest absolute Gasteiger partial charge is 0.264 e. The van der Waals surface area contributed by atoms with Gasteiger partial charge in [0, 0.05) is 10.7 Å². The SMILES string of the molecule is Cc1ccc(OCC(=O)NC(=S)Nc2cccc(Cl)c2C)cc1C. The van der Waals surface area contributed by atoms with Crippen molar-refractivity contribution in [2.45, 2.75) is 20.8 Å². The molecule has 0 spiro atoms. The number of hydrogen-bond acceptors (Lipinski definition) is 3. The van der Waals surface area contributed by atoms with E-state index in [0.717, 1.165) is 16.8 Å². The van der Waals surface area contributed by atoms with Crippen molar-refractivity contribution in [3.05, 3.63) is 58.1 Å². The molecular weight excluding hydrogens is 344 g/mol. The highest BCUT2D eigenvalue weighted by Crippen LogP contribution is 2.22. The van der Waals surface area contributed by atoms with Gasteiger partial charge < -0.3 is 10.1 Å². The lowest BCUT2D eigenvalue weighted by Crippen LogP contribution is -2.37. The number of halogens is 1. The molecule has 0 bridgehead atoms. The minimum absolute atomic E-state index is 0.112. The van der Waals surface area contributed by atoms with Crippen molar-refractivity contribution in [1.82, 2.24) is 5.32 Å². The standard InChI is InChI=1S/C18H19ClN2O2S/c1-11-7-8-14(9-12(11)2)23-10-17(22)21-18(24)20-16-6-4-5-15(19)13(16)3/h4-9H,10H2,1-3H3,(H2,20,21,22,24). The van der Waals surface area contributed by atoms with Crippen LogP contribution in [0.5, 0.6) is 5.75 Å². The van der Waals surface area contributed by atoms with Crippen molar-refractivity contribution in [3.8, 4) is 5.75 Å². The van der Waals surface area contributed by atoms with Crippen LogP contribution in [0, 0.1) is 20.8 Å². The lowest BCUT2D eigenvalue weighted by atomic mass is 10.1. The van der Waals surface area contributed by atoms with Gasteiger partial charge in [0.2, 0.25) is 0 Å². The first-order valence-corrected chi connectivity index (χ1v) is 8.21. The highest BCUT2D eigenvalue weighted by molar-refractivity contribution is 7.80. The Morgan fingerprint density at radius 3 is 2.62 bits per heavy atom. The van der Waals surface area contributed by atoms with Gasteiger partial charge in [0.1, 0.15) is 5.75 Å². The second-order valence-electron chi connectivity index (χ2n) is 5.45. The average molecular weight is 363 g/mol. The van der Waals surface area contributed by atoms with Gasteiger partial charge in [0.05, 0.1) is 0 Å². The van der Waals surface area contributed by atoms with Gasteiger partial charge in [-0.15, -0.1) is 0 Å². The topological polar surface area (TPSA) is 50.4 Å². The number of nitrogens with one attached hydrogen (secondary N) is 2. The van der Waals surface area contributed by atoms with Crippen molar-refractivity contribution >= 4 is 40.5 Å². The number of thiocarbonyl (C=S) groups is 1. The molecule has 24 heavy (non-hydrogen) atoms. The molecule has 1 amide bonds. The molecule has 4 nitrogen and oxygen atoms in total. The number of aryl methyl sites for hydroxylation is 2. The first-order valence-electron chi connectivity index (χ1n) is 7.43. The fraction of sp³-hybridized carbons (Fsp3) is 0.222. The van der Waals surface area contributed by atoms with Crippen LogP contribution in [0.2, 0.25) is 5.02 Å².